The third-order valence-electron chi connectivity index (χ3n) is 3.97. The quantitative estimate of drug-likeness (QED) is 0.794. The first-order valence-corrected chi connectivity index (χ1v) is 8.56. The fraction of sp³-hybridized carbons (Fsp3) is 0.312. The van der Waals surface area contributed by atoms with Crippen LogP contribution in [0, 0.1) is 6.92 Å². The first-order valence-electron chi connectivity index (χ1n) is 7.58. The zero-order chi connectivity index (χ0) is 15.8. The number of amides is 1. The van der Waals surface area contributed by atoms with E-state index in [1.807, 2.05) is 35.9 Å². The van der Waals surface area contributed by atoms with Crippen molar-refractivity contribution >= 4 is 23.3 Å². The summed E-state index contributed by atoms with van der Waals surface area (Å²) in [5.41, 5.74) is 3.81. The van der Waals surface area contributed by atoms with Crippen LogP contribution >= 0.6 is 11.8 Å². The molecule has 4 rings (SSSR count). The summed E-state index contributed by atoms with van der Waals surface area (Å²) in [6.45, 7) is 3.49. The van der Waals surface area contributed by atoms with E-state index in [4.69, 9.17) is 0 Å². The van der Waals surface area contributed by atoms with Crippen LogP contribution in [0.25, 0.3) is 5.65 Å². The number of fused-ring (bicyclic) bond motifs is 2. The zero-order valence-corrected chi connectivity index (χ0v) is 13.6. The predicted octanol–water partition coefficient (Wildman–Crippen LogP) is 1.80. The second-order valence-electron chi connectivity index (χ2n) is 5.64. The van der Waals surface area contributed by atoms with E-state index in [2.05, 4.69) is 19.9 Å². The van der Waals surface area contributed by atoms with Crippen molar-refractivity contribution in [3.8, 4) is 0 Å². The summed E-state index contributed by atoms with van der Waals surface area (Å²) in [7, 11) is 0. The molecule has 0 saturated heterocycles. The van der Waals surface area contributed by atoms with Gasteiger partial charge in [0.1, 0.15) is 5.65 Å². The second-order valence-corrected chi connectivity index (χ2v) is 6.71. The zero-order valence-electron chi connectivity index (χ0n) is 12.8. The summed E-state index contributed by atoms with van der Waals surface area (Å²) in [5, 5.41) is 3.99. The molecule has 4 heterocycles. The van der Waals surface area contributed by atoms with Gasteiger partial charge in [-0.3, -0.25) is 4.79 Å². The molecule has 3 aromatic heterocycles. The van der Waals surface area contributed by atoms with Crippen LogP contribution in [-0.4, -0.2) is 30.6 Å². The fourth-order valence-electron chi connectivity index (χ4n) is 2.80. The molecule has 0 aliphatic carbocycles. The van der Waals surface area contributed by atoms with E-state index in [0.29, 0.717) is 13.0 Å². The van der Waals surface area contributed by atoms with Crippen molar-refractivity contribution in [1.82, 2.24) is 24.3 Å². The van der Waals surface area contributed by atoms with Crippen molar-refractivity contribution in [2.45, 2.75) is 31.6 Å². The molecule has 0 bridgehead atoms. The van der Waals surface area contributed by atoms with Crippen molar-refractivity contribution in [2.24, 2.45) is 0 Å². The van der Waals surface area contributed by atoms with Crippen molar-refractivity contribution in [1.29, 1.82) is 0 Å². The van der Waals surface area contributed by atoms with E-state index in [0.717, 1.165) is 40.1 Å². The van der Waals surface area contributed by atoms with Gasteiger partial charge in [-0.2, -0.15) is 0 Å². The summed E-state index contributed by atoms with van der Waals surface area (Å²) in [6.07, 6.45) is 6.04. The van der Waals surface area contributed by atoms with Crippen molar-refractivity contribution in [3.05, 3.63) is 47.7 Å². The molecular weight excluding hydrogens is 310 g/mol. The van der Waals surface area contributed by atoms with Crippen LogP contribution in [-0.2, 0) is 24.3 Å². The molecule has 1 N–H and O–H groups in total. The van der Waals surface area contributed by atoms with Crippen LogP contribution in [0.5, 0.6) is 0 Å². The van der Waals surface area contributed by atoms with E-state index in [1.165, 1.54) is 0 Å². The SMILES string of the molecule is Cc1cccn2c(CC(=O)NCc3cn4c(n3)SCC4)cnc12. The Morgan fingerprint density at radius 3 is 3.26 bits per heavy atom. The Morgan fingerprint density at radius 1 is 1.48 bits per heavy atom. The normalized spacial score (nSPS) is 13.4. The van der Waals surface area contributed by atoms with Gasteiger partial charge < -0.3 is 14.3 Å². The number of carbonyl (C=O) groups is 1. The molecule has 6 nitrogen and oxygen atoms in total. The van der Waals surface area contributed by atoms with Crippen LogP contribution < -0.4 is 5.32 Å². The first-order chi connectivity index (χ1) is 11.2. The highest BCUT2D eigenvalue weighted by molar-refractivity contribution is 7.99. The molecule has 0 unspecified atom stereocenters. The molecule has 23 heavy (non-hydrogen) atoms. The van der Waals surface area contributed by atoms with Gasteiger partial charge in [-0.05, 0) is 18.6 Å². The lowest BCUT2D eigenvalue weighted by molar-refractivity contribution is -0.120. The Kier molecular flexibility index (Phi) is 3.57. The van der Waals surface area contributed by atoms with Gasteiger partial charge in [-0.1, -0.05) is 17.8 Å². The van der Waals surface area contributed by atoms with Gasteiger partial charge in [0.05, 0.1) is 24.4 Å². The molecular formula is C16H17N5OS. The number of pyridine rings is 1. The van der Waals surface area contributed by atoms with Gasteiger partial charge in [0.2, 0.25) is 5.91 Å². The Labute approximate surface area is 137 Å². The maximum atomic E-state index is 12.2. The largest absolute Gasteiger partial charge is 0.350 e. The highest BCUT2D eigenvalue weighted by Crippen LogP contribution is 2.24. The molecule has 0 radical (unpaired) electrons. The molecule has 1 aliphatic heterocycles. The molecule has 0 spiro atoms. The number of rotatable bonds is 4. The van der Waals surface area contributed by atoms with Crippen LogP contribution in [0.2, 0.25) is 0 Å². The Balaban J connectivity index is 1.42. The van der Waals surface area contributed by atoms with Crippen LogP contribution in [0.15, 0.2) is 35.9 Å². The lowest BCUT2D eigenvalue weighted by Crippen LogP contribution is -2.25. The Hall–Kier alpha value is -2.28. The summed E-state index contributed by atoms with van der Waals surface area (Å²) in [5.74, 6) is 1.07. The fourth-order valence-corrected chi connectivity index (χ4v) is 3.76. The monoisotopic (exact) mass is 327 g/mol. The standard InChI is InChI=1S/C16H17N5OS/c1-11-3-2-4-21-13(9-18-15(11)21)7-14(22)17-8-12-10-20-5-6-23-16(20)19-12/h2-4,9-10H,5-8H2,1H3,(H,17,22). The van der Waals surface area contributed by atoms with Crippen LogP contribution in [0.3, 0.4) is 0 Å². The predicted molar refractivity (Wildman–Crippen MR) is 88.4 cm³/mol. The molecule has 118 valence electrons. The number of imidazole rings is 2. The number of nitrogens with zero attached hydrogens (tertiary/aromatic N) is 4. The summed E-state index contributed by atoms with van der Waals surface area (Å²) in [4.78, 5) is 21.1. The van der Waals surface area contributed by atoms with E-state index in [-0.39, 0.29) is 5.91 Å². The number of aryl methyl sites for hydroxylation is 2. The van der Waals surface area contributed by atoms with Crippen LogP contribution in [0.1, 0.15) is 17.0 Å². The number of hydrogen-bond donors (Lipinski definition) is 1. The van der Waals surface area contributed by atoms with E-state index >= 15 is 0 Å². The average molecular weight is 327 g/mol. The first kappa shape index (κ1) is 14.3. The van der Waals surface area contributed by atoms with Gasteiger partial charge in [0, 0.05) is 30.9 Å². The Morgan fingerprint density at radius 2 is 2.39 bits per heavy atom. The lowest BCUT2D eigenvalue weighted by Gasteiger charge is -2.04. The second kappa shape index (κ2) is 5.73. The van der Waals surface area contributed by atoms with Gasteiger partial charge in [0.15, 0.2) is 5.16 Å². The summed E-state index contributed by atoms with van der Waals surface area (Å²) in [6, 6.07) is 3.98. The summed E-state index contributed by atoms with van der Waals surface area (Å²) < 4.78 is 4.11. The van der Waals surface area contributed by atoms with Gasteiger partial charge in [-0.25, -0.2) is 9.97 Å². The maximum absolute atomic E-state index is 12.2. The van der Waals surface area contributed by atoms with Gasteiger partial charge in [-0.15, -0.1) is 0 Å². The van der Waals surface area contributed by atoms with Crippen molar-refractivity contribution < 1.29 is 4.79 Å². The van der Waals surface area contributed by atoms with Crippen molar-refractivity contribution in [2.75, 3.05) is 5.75 Å². The molecule has 1 amide bonds. The topological polar surface area (TPSA) is 64.2 Å². The van der Waals surface area contributed by atoms with E-state index in [9.17, 15) is 4.79 Å². The average Bonchev–Trinajstić information content (AvgIpc) is 3.20. The Bertz CT molecular complexity index is 860. The number of thioether (sulfide) groups is 1. The minimum Gasteiger partial charge on any atom is -0.350 e. The smallest absolute Gasteiger partial charge is 0.226 e. The molecule has 0 fully saturated rings. The number of aromatic nitrogens is 4. The van der Waals surface area contributed by atoms with Gasteiger partial charge >= 0.3 is 0 Å². The molecule has 1 aliphatic rings. The van der Waals surface area contributed by atoms with Crippen molar-refractivity contribution in [3.63, 3.8) is 0 Å². The minimum atomic E-state index is -0.0193. The highest BCUT2D eigenvalue weighted by atomic mass is 32.2. The van der Waals surface area contributed by atoms with Crippen LogP contribution in [0.4, 0.5) is 0 Å². The lowest BCUT2D eigenvalue weighted by atomic mass is 10.3. The maximum Gasteiger partial charge on any atom is 0.226 e. The molecule has 7 heteroatoms. The number of nitrogens with one attached hydrogen (secondary N) is 1. The third kappa shape index (κ3) is 2.72. The molecule has 0 atom stereocenters. The van der Waals surface area contributed by atoms with Gasteiger partial charge in [0.25, 0.3) is 0 Å². The number of hydrogen-bond acceptors (Lipinski definition) is 4. The van der Waals surface area contributed by atoms with E-state index in [1.54, 1.807) is 18.0 Å². The van der Waals surface area contributed by atoms with E-state index < -0.39 is 0 Å². The number of carbonyl (C=O) groups excluding carboxylic acids is 1. The third-order valence-corrected chi connectivity index (χ3v) is 4.94. The highest BCUT2D eigenvalue weighted by Gasteiger charge is 2.15. The molecule has 3 aromatic rings. The molecule has 0 aromatic carbocycles. The minimum absolute atomic E-state index is 0.0193. The summed E-state index contributed by atoms with van der Waals surface area (Å²) >= 11 is 1.76. The molecule has 0 saturated carbocycles.